The summed E-state index contributed by atoms with van der Waals surface area (Å²) in [6, 6.07) is 7.61. The summed E-state index contributed by atoms with van der Waals surface area (Å²) in [6.45, 7) is 4.16. The van der Waals surface area contributed by atoms with Crippen LogP contribution in [0.1, 0.15) is 45.4 Å². The molecule has 10 nitrogen and oxygen atoms in total. The number of nitrogens with zero attached hydrogens (tertiary/aromatic N) is 3. The lowest BCUT2D eigenvalue weighted by Crippen LogP contribution is -2.35. The monoisotopic (exact) mass is 582 g/mol. The highest BCUT2D eigenvalue weighted by molar-refractivity contribution is 7.99. The molecule has 0 saturated carbocycles. The molecule has 0 atom stereocenters. The molecule has 1 N–H and O–H groups in total. The molecule has 13 heteroatoms. The van der Waals surface area contributed by atoms with Crippen molar-refractivity contribution in [2.45, 2.75) is 60.3 Å². The van der Waals surface area contributed by atoms with Gasteiger partial charge in [0.2, 0.25) is 26.0 Å². The van der Waals surface area contributed by atoms with Gasteiger partial charge in [0, 0.05) is 32.4 Å². The lowest BCUT2D eigenvalue weighted by atomic mass is 10.2. The molecular weight excluding hydrogens is 548 g/mol. The van der Waals surface area contributed by atoms with Gasteiger partial charge in [0.25, 0.3) is 0 Å². The number of carbonyl (C=O) groups excluding carboxylic acids is 1. The Morgan fingerprint density at radius 2 is 1.47 bits per heavy atom. The fourth-order valence-electron chi connectivity index (χ4n) is 4.49. The number of benzene rings is 1. The second kappa shape index (κ2) is 12.8. The van der Waals surface area contributed by atoms with E-state index in [1.165, 1.54) is 33.0 Å². The van der Waals surface area contributed by atoms with Crippen LogP contribution >= 0.6 is 11.8 Å². The molecule has 3 heterocycles. The van der Waals surface area contributed by atoms with Gasteiger partial charge in [-0.1, -0.05) is 24.6 Å². The Labute approximate surface area is 229 Å². The highest BCUT2D eigenvalue weighted by Gasteiger charge is 2.28. The number of sulfonamides is 2. The van der Waals surface area contributed by atoms with Gasteiger partial charge < -0.3 is 10.1 Å². The fraction of sp³-hybridized carbons (Fsp3) is 0.520. The van der Waals surface area contributed by atoms with Crippen molar-refractivity contribution in [2.24, 2.45) is 0 Å². The van der Waals surface area contributed by atoms with Crippen LogP contribution in [0.25, 0.3) is 0 Å². The maximum absolute atomic E-state index is 13.1. The van der Waals surface area contributed by atoms with Crippen molar-refractivity contribution >= 4 is 43.4 Å². The van der Waals surface area contributed by atoms with Crippen LogP contribution in [0, 0.1) is 0 Å². The summed E-state index contributed by atoms with van der Waals surface area (Å²) < 4.78 is 60.4. The van der Waals surface area contributed by atoms with Crippen LogP contribution in [0.3, 0.4) is 0 Å². The quantitative estimate of drug-likeness (QED) is 0.422. The van der Waals surface area contributed by atoms with E-state index < -0.39 is 20.0 Å². The second-order valence-corrected chi connectivity index (χ2v) is 14.1. The van der Waals surface area contributed by atoms with Crippen LogP contribution in [0.2, 0.25) is 0 Å². The van der Waals surface area contributed by atoms with E-state index in [2.05, 4.69) is 10.3 Å². The van der Waals surface area contributed by atoms with E-state index in [1.54, 1.807) is 19.1 Å². The van der Waals surface area contributed by atoms with Crippen LogP contribution in [-0.2, 0) is 24.8 Å². The minimum atomic E-state index is -3.67. The predicted octanol–water partition coefficient (Wildman–Crippen LogP) is 3.56. The van der Waals surface area contributed by atoms with Gasteiger partial charge in [-0.25, -0.2) is 21.8 Å². The molecule has 2 aromatic rings. The Morgan fingerprint density at radius 1 is 0.895 bits per heavy atom. The maximum Gasteiger partial charge on any atom is 0.244 e. The van der Waals surface area contributed by atoms with E-state index in [1.807, 2.05) is 0 Å². The van der Waals surface area contributed by atoms with Crippen LogP contribution < -0.4 is 10.1 Å². The summed E-state index contributed by atoms with van der Waals surface area (Å²) in [7, 11) is -7.24. The van der Waals surface area contributed by atoms with Crippen LogP contribution in [0.15, 0.2) is 51.3 Å². The smallest absolute Gasteiger partial charge is 0.244 e. The zero-order chi connectivity index (χ0) is 27.2. The molecule has 38 heavy (non-hydrogen) atoms. The molecular formula is C25H34N4O6S3. The third kappa shape index (κ3) is 6.87. The van der Waals surface area contributed by atoms with Crippen molar-refractivity contribution < 1.29 is 26.4 Å². The maximum atomic E-state index is 13.1. The number of nitrogens with one attached hydrogen (secondary N) is 1. The number of aromatic nitrogens is 1. The van der Waals surface area contributed by atoms with Gasteiger partial charge in [0.05, 0.1) is 28.0 Å². The minimum Gasteiger partial charge on any atom is -0.492 e. The predicted molar refractivity (Wildman–Crippen MR) is 146 cm³/mol. The minimum absolute atomic E-state index is 0.000110. The second-order valence-electron chi connectivity index (χ2n) is 9.19. The number of pyridine rings is 1. The summed E-state index contributed by atoms with van der Waals surface area (Å²) >= 11 is 1.16. The van der Waals surface area contributed by atoms with E-state index in [9.17, 15) is 21.6 Å². The van der Waals surface area contributed by atoms with Gasteiger partial charge in [-0.05, 0) is 62.9 Å². The number of carbonyl (C=O) groups is 1. The third-order valence-corrected chi connectivity index (χ3v) is 11.2. The summed E-state index contributed by atoms with van der Waals surface area (Å²) in [5, 5.41) is 3.27. The summed E-state index contributed by atoms with van der Waals surface area (Å²) in [5.74, 6) is 0.0176. The van der Waals surface area contributed by atoms with Gasteiger partial charge in [-0.15, -0.1) is 0 Å². The first-order valence-corrected chi connectivity index (χ1v) is 16.7. The number of ether oxygens (including phenoxy) is 1. The Balaban J connectivity index is 1.41. The highest BCUT2D eigenvalue weighted by Crippen LogP contribution is 2.31. The van der Waals surface area contributed by atoms with Gasteiger partial charge in [0.15, 0.2) is 0 Å². The lowest BCUT2D eigenvalue weighted by Gasteiger charge is -2.26. The molecule has 0 bridgehead atoms. The van der Waals surface area contributed by atoms with Crippen molar-refractivity contribution in [1.29, 1.82) is 0 Å². The summed E-state index contributed by atoms with van der Waals surface area (Å²) in [5.41, 5.74) is 0.284. The Morgan fingerprint density at radius 3 is 2.03 bits per heavy atom. The van der Waals surface area contributed by atoms with Gasteiger partial charge in [-0.3, -0.25) is 4.79 Å². The summed E-state index contributed by atoms with van der Waals surface area (Å²) in [4.78, 5) is 17.2. The third-order valence-electron chi connectivity index (χ3n) is 6.49. The molecule has 2 aliphatic heterocycles. The first-order valence-electron chi connectivity index (χ1n) is 12.9. The first-order chi connectivity index (χ1) is 18.2. The number of amides is 1. The van der Waals surface area contributed by atoms with E-state index in [0.29, 0.717) is 43.6 Å². The number of rotatable bonds is 10. The standard InChI is InChI=1S/C25H34N4O6S3/c1-2-35-23-11-9-20(37(31,32)28-13-5-3-6-14-28)17-22(23)27-24(30)19-36-25-12-10-21(18-26-25)38(33,34)29-15-7-4-8-16-29/h9-12,17-18H,2-8,13-16,19H2,1H3,(H,27,30). The number of hydrogen-bond acceptors (Lipinski definition) is 8. The Kier molecular flexibility index (Phi) is 9.69. The van der Waals surface area contributed by atoms with Crippen LogP contribution in [0.4, 0.5) is 5.69 Å². The zero-order valence-electron chi connectivity index (χ0n) is 21.5. The molecule has 1 aromatic carbocycles. The Hall–Kier alpha value is -2.19. The number of anilines is 1. The molecule has 0 unspecified atom stereocenters. The van der Waals surface area contributed by atoms with Gasteiger partial charge >= 0.3 is 0 Å². The molecule has 0 radical (unpaired) electrons. The fourth-order valence-corrected chi connectivity index (χ4v) is 8.14. The van der Waals surface area contributed by atoms with Crippen molar-refractivity contribution in [3.05, 3.63) is 36.5 Å². The largest absolute Gasteiger partial charge is 0.492 e. The van der Waals surface area contributed by atoms with Crippen LogP contribution in [0.5, 0.6) is 5.75 Å². The molecule has 1 amide bonds. The average molecular weight is 583 g/mol. The highest BCUT2D eigenvalue weighted by atomic mass is 32.2. The van der Waals surface area contributed by atoms with E-state index in [4.69, 9.17) is 4.74 Å². The summed E-state index contributed by atoms with van der Waals surface area (Å²) in [6.07, 6.45) is 6.74. The van der Waals surface area contributed by atoms with Crippen molar-refractivity contribution in [1.82, 2.24) is 13.6 Å². The number of piperidine rings is 2. The topological polar surface area (TPSA) is 126 Å². The van der Waals surface area contributed by atoms with Gasteiger partial charge in [0.1, 0.15) is 10.6 Å². The molecule has 2 fully saturated rings. The van der Waals surface area contributed by atoms with Crippen molar-refractivity contribution in [3.63, 3.8) is 0 Å². The molecule has 4 rings (SSSR count). The number of hydrogen-bond donors (Lipinski definition) is 1. The molecule has 0 aliphatic carbocycles. The molecule has 2 aliphatic rings. The lowest BCUT2D eigenvalue weighted by molar-refractivity contribution is -0.113. The Bertz CT molecular complexity index is 1320. The SMILES string of the molecule is CCOc1ccc(S(=O)(=O)N2CCCCC2)cc1NC(=O)CSc1ccc(S(=O)(=O)N2CCCCC2)cn1. The molecule has 208 valence electrons. The van der Waals surface area contributed by atoms with E-state index in [0.717, 1.165) is 50.3 Å². The molecule has 2 saturated heterocycles. The van der Waals surface area contributed by atoms with Crippen molar-refractivity contribution in [3.8, 4) is 5.75 Å². The zero-order valence-corrected chi connectivity index (χ0v) is 23.9. The normalized spacial score (nSPS) is 17.7. The first kappa shape index (κ1) is 28.8. The van der Waals surface area contributed by atoms with E-state index >= 15 is 0 Å². The average Bonchev–Trinajstić information content (AvgIpc) is 2.94. The van der Waals surface area contributed by atoms with Crippen molar-refractivity contribution in [2.75, 3.05) is 43.9 Å². The number of thioether (sulfide) groups is 1. The van der Waals surface area contributed by atoms with E-state index in [-0.39, 0.29) is 27.1 Å². The van der Waals surface area contributed by atoms with Crippen LogP contribution in [-0.4, -0.2) is 74.9 Å². The van der Waals surface area contributed by atoms with Gasteiger partial charge in [-0.2, -0.15) is 8.61 Å². The molecule has 0 spiro atoms. The molecule has 1 aromatic heterocycles.